The molecule has 0 bridgehead atoms. The number of aliphatic hydroxyl groups is 1. The van der Waals surface area contributed by atoms with E-state index in [9.17, 15) is 9.50 Å². The highest BCUT2D eigenvalue weighted by Crippen LogP contribution is 2.25. The molecular weight excluding hydrogens is 203 g/mol. The van der Waals surface area contributed by atoms with Crippen LogP contribution in [0.1, 0.15) is 11.1 Å². The van der Waals surface area contributed by atoms with Gasteiger partial charge in [0.05, 0.1) is 6.61 Å². The molecule has 1 N–H and O–H groups in total. The second-order valence-corrected chi connectivity index (χ2v) is 3.79. The van der Waals surface area contributed by atoms with E-state index >= 15 is 0 Å². The maximum absolute atomic E-state index is 13.5. The highest BCUT2D eigenvalue weighted by molar-refractivity contribution is 5.67. The second kappa shape index (κ2) is 4.45. The van der Waals surface area contributed by atoms with Crippen molar-refractivity contribution in [2.24, 2.45) is 0 Å². The summed E-state index contributed by atoms with van der Waals surface area (Å²) in [5, 5.41) is 9.18. The van der Waals surface area contributed by atoms with Gasteiger partial charge in [-0.15, -0.1) is 0 Å². The van der Waals surface area contributed by atoms with Crippen molar-refractivity contribution in [3.05, 3.63) is 59.4 Å². The lowest BCUT2D eigenvalue weighted by Crippen LogP contribution is -1.94. The van der Waals surface area contributed by atoms with Gasteiger partial charge in [0, 0.05) is 5.56 Å². The van der Waals surface area contributed by atoms with Gasteiger partial charge < -0.3 is 5.11 Å². The van der Waals surface area contributed by atoms with E-state index in [2.05, 4.69) is 0 Å². The van der Waals surface area contributed by atoms with Crippen molar-refractivity contribution in [1.82, 2.24) is 0 Å². The molecule has 0 aliphatic carbocycles. The summed E-state index contributed by atoms with van der Waals surface area (Å²) in [6.45, 7) is 1.72. The Labute approximate surface area is 94.2 Å². The van der Waals surface area contributed by atoms with Crippen LogP contribution >= 0.6 is 0 Å². The Morgan fingerprint density at radius 1 is 1.06 bits per heavy atom. The average molecular weight is 216 g/mol. The summed E-state index contributed by atoms with van der Waals surface area (Å²) in [5.74, 6) is -0.361. The van der Waals surface area contributed by atoms with Crippen LogP contribution in [0.15, 0.2) is 42.5 Å². The van der Waals surface area contributed by atoms with Gasteiger partial charge in [0.2, 0.25) is 0 Å². The lowest BCUT2D eigenvalue weighted by atomic mass is 9.99. The van der Waals surface area contributed by atoms with Gasteiger partial charge in [0.25, 0.3) is 0 Å². The predicted molar refractivity (Wildman–Crippen MR) is 62.5 cm³/mol. The van der Waals surface area contributed by atoms with Crippen LogP contribution in [0.5, 0.6) is 0 Å². The molecule has 0 aliphatic heterocycles. The number of hydrogen-bond acceptors (Lipinski definition) is 1. The van der Waals surface area contributed by atoms with Crippen LogP contribution in [-0.4, -0.2) is 5.11 Å². The molecule has 0 heterocycles. The summed E-state index contributed by atoms with van der Waals surface area (Å²) in [6, 6.07) is 12.7. The van der Waals surface area contributed by atoms with E-state index in [1.54, 1.807) is 6.07 Å². The lowest BCUT2D eigenvalue weighted by molar-refractivity contribution is 0.276. The van der Waals surface area contributed by atoms with Gasteiger partial charge in [-0.3, -0.25) is 0 Å². The fourth-order valence-corrected chi connectivity index (χ4v) is 1.72. The summed E-state index contributed by atoms with van der Waals surface area (Å²) < 4.78 is 13.5. The van der Waals surface area contributed by atoms with Crippen molar-refractivity contribution in [1.29, 1.82) is 0 Å². The number of halogens is 1. The summed E-state index contributed by atoms with van der Waals surface area (Å²) in [6.07, 6.45) is 0. The minimum Gasteiger partial charge on any atom is -0.392 e. The molecule has 2 heteroatoms. The molecule has 0 aromatic heterocycles. The third kappa shape index (κ3) is 1.97. The summed E-state index contributed by atoms with van der Waals surface area (Å²) >= 11 is 0. The first-order valence-electron chi connectivity index (χ1n) is 5.17. The van der Waals surface area contributed by atoms with Gasteiger partial charge in [0.1, 0.15) is 5.82 Å². The van der Waals surface area contributed by atoms with E-state index in [0.717, 1.165) is 16.7 Å². The standard InChI is InChI=1S/C14H13FO/c1-10-5-7-11(8-6-10)12-3-2-4-14(15)13(12)9-16/h2-8,16H,9H2,1H3. The molecule has 0 spiro atoms. The van der Waals surface area contributed by atoms with Crippen LogP contribution in [0.25, 0.3) is 11.1 Å². The molecule has 82 valence electrons. The maximum Gasteiger partial charge on any atom is 0.129 e. The van der Waals surface area contributed by atoms with E-state index in [1.807, 2.05) is 37.3 Å². The number of benzene rings is 2. The van der Waals surface area contributed by atoms with Crippen LogP contribution in [-0.2, 0) is 6.61 Å². The minimum absolute atomic E-state index is 0.282. The first kappa shape index (κ1) is 10.8. The fraction of sp³-hybridized carbons (Fsp3) is 0.143. The molecule has 0 unspecified atom stereocenters. The van der Waals surface area contributed by atoms with Crippen LogP contribution in [0.3, 0.4) is 0 Å². The Kier molecular flexibility index (Phi) is 3.02. The van der Waals surface area contributed by atoms with Crippen LogP contribution in [0.4, 0.5) is 4.39 Å². The monoisotopic (exact) mass is 216 g/mol. The Morgan fingerprint density at radius 3 is 2.38 bits per heavy atom. The molecule has 0 fully saturated rings. The Hall–Kier alpha value is -1.67. The van der Waals surface area contributed by atoms with Crippen LogP contribution < -0.4 is 0 Å². The average Bonchev–Trinajstić information content (AvgIpc) is 2.30. The molecule has 16 heavy (non-hydrogen) atoms. The maximum atomic E-state index is 13.5. The number of rotatable bonds is 2. The Morgan fingerprint density at radius 2 is 1.75 bits per heavy atom. The summed E-state index contributed by atoms with van der Waals surface area (Å²) in [7, 11) is 0. The van der Waals surface area contributed by atoms with Gasteiger partial charge in [-0.05, 0) is 24.1 Å². The number of aliphatic hydroxyl groups excluding tert-OH is 1. The third-order valence-electron chi connectivity index (χ3n) is 2.64. The molecule has 0 saturated carbocycles. The molecule has 2 aromatic rings. The largest absolute Gasteiger partial charge is 0.392 e. The van der Waals surface area contributed by atoms with Gasteiger partial charge in [-0.1, -0.05) is 42.0 Å². The Balaban J connectivity index is 2.55. The minimum atomic E-state index is -0.361. The van der Waals surface area contributed by atoms with E-state index in [-0.39, 0.29) is 12.4 Å². The third-order valence-corrected chi connectivity index (χ3v) is 2.64. The highest BCUT2D eigenvalue weighted by Gasteiger charge is 2.08. The lowest BCUT2D eigenvalue weighted by Gasteiger charge is -2.08. The zero-order valence-corrected chi connectivity index (χ0v) is 9.07. The van der Waals surface area contributed by atoms with Gasteiger partial charge >= 0.3 is 0 Å². The molecule has 0 aliphatic rings. The Bertz CT molecular complexity index is 489. The van der Waals surface area contributed by atoms with E-state index < -0.39 is 0 Å². The smallest absolute Gasteiger partial charge is 0.129 e. The van der Waals surface area contributed by atoms with Crippen molar-refractivity contribution in [2.75, 3.05) is 0 Å². The number of aryl methyl sites for hydroxylation is 1. The van der Waals surface area contributed by atoms with Crippen molar-refractivity contribution in [2.45, 2.75) is 13.5 Å². The van der Waals surface area contributed by atoms with Crippen LogP contribution in [0.2, 0.25) is 0 Å². The normalized spacial score (nSPS) is 10.4. The van der Waals surface area contributed by atoms with E-state index in [0.29, 0.717) is 5.56 Å². The first-order chi connectivity index (χ1) is 7.72. The zero-order valence-electron chi connectivity index (χ0n) is 9.07. The second-order valence-electron chi connectivity index (χ2n) is 3.79. The molecular formula is C14H13FO. The van der Waals surface area contributed by atoms with Crippen LogP contribution in [0, 0.1) is 12.7 Å². The molecule has 1 nitrogen and oxygen atoms in total. The topological polar surface area (TPSA) is 20.2 Å². The summed E-state index contributed by atoms with van der Waals surface area (Å²) in [5.41, 5.74) is 3.19. The van der Waals surface area contributed by atoms with E-state index in [4.69, 9.17) is 0 Å². The predicted octanol–water partition coefficient (Wildman–Crippen LogP) is 3.29. The quantitative estimate of drug-likeness (QED) is 0.816. The van der Waals surface area contributed by atoms with Crippen molar-refractivity contribution in [3.8, 4) is 11.1 Å². The zero-order chi connectivity index (χ0) is 11.5. The van der Waals surface area contributed by atoms with Crippen molar-refractivity contribution in [3.63, 3.8) is 0 Å². The first-order valence-corrected chi connectivity index (χ1v) is 5.17. The molecule has 0 radical (unpaired) electrons. The van der Waals surface area contributed by atoms with Gasteiger partial charge in [-0.2, -0.15) is 0 Å². The van der Waals surface area contributed by atoms with Crippen molar-refractivity contribution < 1.29 is 9.50 Å². The van der Waals surface area contributed by atoms with Gasteiger partial charge in [-0.25, -0.2) is 4.39 Å². The molecule has 0 amide bonds. The number of hydrogen-bond donors (Lipinski definition) is 1. The summed E-state index contributed by atoms with van der Waals surface area (Å²) in [4.78, 5) is 0. The van der Waals surface area contributed by atoms with Crippen molar-refractivity contribution >= 4 is 0 Å². The highest BCUT2D eigenvalue weighted by atomic mass is 19.1. The molecule has 0 atom stereocenters. The van der Waals surface area contributed by atoms with Gasteiger partial charge in [0.15, 0.2) is 0 Å². The molecule has 2 rings (SSSR count). The molecule has 2 aromatic carbocycles. The fourth-order valence-electron chi connectivity index (χ4n) is 1.72. The molecule has 0 saturated heterocycles. The SMILES string of the molecule is Cc1ccc(-c2cccc(F)c2CO)cc1. The van der Waals surface area contributed by atoms with E-state index in [1.165, 1.54) is 6.07 Å².